The lowest BCUT2D eigenvalue weighted by Crippen LogP contribution is -2.19. The highest BCUT2D eigenvalue weighted by atomic mass is 16.5. The molecule has 0 saturated carbocycles. The molecule has 0 atom stereocenters. The van der Waals surface area contributed by atoms with Crippen molar-refractivity contribution >= 4 is 17.6 Å². The first kappa shape index (κ1) is 10.9. The van der Waals surface area contributed by atoms with Gasteiger partial charge in [-0.2, -0.15) is 0 Å². The number of anilines is 1. The third-order valence-corrected chi connectivity index (χ3v) is 2.06. The smallest absolute Gasteiger partial charge is 0.323 e. The third kappa shape index (κ3) is 2.51. The molecule has 0 aromatic carbocycles. The number of aromatic nitrogens is 2. The molecule has 88 valence electrons. The minimum atomic E-state index is -1.01. The fourth-order valence-corrected chi connectivity index (χ4v) is 1.37. The monoisotopic (exact) mass is 235 g/mol. The van der Waals surface area contributed by atoms with Crippen LogP contribution in [0.15, 0.2) is 35.3 Å². The van der Waals surface area contributed by atoms with E-state index in [0.29, 0.717) is 5.69 Å². The molecule has 0 unspecified atom stereocenters. The Morgan fingerprint density at radius 2 is 2.35 bits per heavy atom. The van der Waals surface area contributed by atoms with Crippen LogP contribution in [-0.2, 0) is 11.3 Å². The van der Waals surface area contributed by atoms with Gasteiger partial charge < -0.3 is 19.5 Å². The Morgan fingerprint density at radius 3 is 3.00 bits per heavy atom. The molecule has 0 aliphatic rings. The average molecular weight is 235 g/mol. The van der Waals surface area contributed by atoms with Gasteiger partial charge in [0.05, 0.1) is 6.20 Å². The fraction of sp³-hybridized carbons (Fsp3) is 0.100. The van der Waals surface area contributed by atoms with Crippen LogP contribution in [0.2, 0.25) is 0 Å². The molecule has 0 aliphatic carbocycles. The summed E-state index contributed by atoms with van der Waals surface area (Å²) in [5, 5.41) is 14.6. The van der Waals surface area contributed by atoms with Crippen LogP contribution in [0.1, 0.15) is 10.5 Å². The number of rotatable bonds is 4. The van der Waals surface area contributed by atoms with Crippen molar-refractivity contribution in [1.82, 2.24) is 9.72 Å². The quantitative estimate of drug-likeness (QED) is 0.817. The predicted octanol–water partition coefficient (Wildman–Crippen LogP) is 0.813. The molecule has 2 rings (SSSR count). The van der Waals surface area contributed by atoms with Crippen LogP contribution >= 0.6 is 0 Å². The molecule has 2 aromatic heterocycles. The molecule has 2 heterocycles. The molecule has 7 nitrogen and oxygen atoms in total. The van der Waals surface area contributed by atoms with E-state index in [0.717, 1.165) is 0 Å². The van der Waals surface area contributed by atoms with Crippen molar-refractivity contribution in [1.29, 1.82) is 0 Å². The van der Waals surface area contributed by atoms with Crippen LogP contribution in [-0.4, -0.2) is 26.7 Å². The first-order chi connectivity index (χ1) is 8.16. The zero-order valence-corrected chi connectivity index (χ0v) is 8.66. The second kappa shape index (κ2) is 4.52. The predicted molar refractivity (Wildman–Crippen MR) is 56.5 cm³/mol. The molecule has 0 saturated heterocycles. The summed E-state index contributed by atoms with van der Waals surface area (Å²) in [6.07, 6.45) is 4.15. The van der Waals surface area contributed by atoms with Crippen molar-refractivity contribution in [2.75, 3.05) is 5.32 Å². The highest BCUT2D eigenvalue weighted by Gasteiger charge is 2.13. The number of carboxylic acid groups (broad SMARTS) is 1. The summed E-state index contributed by atoms with van der Waals surface area (Å²) >= 11 is 0. The second-order valence-electron chi connectivity index (χ2n) is 3.28. The molecule has 0 spiro atoms. The highest BCUT2D eigenvalue weighted by Crippen LogP contribution is 2.08. The summed E-state index contributed by atoms with van der Waals surface area (Å²) in [5.74, 6) is -1.43. The van der Waals surface area contributed by atoms with Crippen LogP contribution < -0.4 is 5.32 Å². The van der Waals surface area contributed by atoms with Crippen LogP contribution in [0, 0.1) is 0 Å². The van der Waals surface area contributed by atoms with Gasteiger partial charge in [0.25, 0.3) is 5.91 Å². The van der Waals surface area contributed by atoms with Gasteiger partial charge in [-0.05, 0) is 12.1 Å². The van der Waals surface area contributed by atoms with E-state index in [1.54, 1.807) is 6.07 Å². The van der Waals surface area contributed by atoms with E-state index in [4.69, 9.17) is 5.11 Å². The van der Waals surface area contributed by atoms with Crippen LogP contribution in [0.5, 0.6) is 0 Å². The summed E-state index contributed by atoms with van der Waals surface area (Å²) in [5.41, 5.74) is 0.673. The van der Waals surface area contributed by atoms with Gasteiger partial charge in [-0.15, -0.1) is 0 Å². The maximum absolute atomic E-state index is 11.8. The highest BCUT2D eigenvalue weighted by molar-refractivity contribution is 6.03. The molecule has 2 aromatic rings. The molecule has 0 radical (unpaired) electrons. The Labute approximate surface area is 95.6 Å². The zero-order valence-electron chi connectivity index (χ0n) is 8.66. The summed E-state index contributed by atoms with van der Waals surface area (Å²) in [6, 6.07) is 3.14. The standard InChI is InChI=1S/C10H9N3O4/c14-9(15)5-13-3-1-2-8(13)10(16)12-7-4-11-17-6-7/h1-4,6H,5H2,(H,12,16)(H,14,15). The number of nitrogens with one attached hydrogen (secondary N) is 1. The first-order valence-electron chi connectivity index (χ1n) is 4.74. The van der Waals surface area contributed by atoms with E-state index < -0.39 is 11.9 Å². The molecule has 7 heteroatoms. The molecule has 0 bridgehead atoms. The normalized spacial score (nSPS) is 10.1. The number of carboxylic acids is 1. The summed E-state index contributed by atoms with van der Waals surface area (Å²) in [6.45, 7) is -0.264. The minimum Gasteiger partial charge on any atom is -0.480 e. The number of carbonyl (C=O) groups excluding carboxylic acids is 1. The number of carbonyl (C=O) groups is 2. The van der Waals surface area contributed by atoms with E-state index in [1.807, 2.05) is 0 Å². The largest absolute Gasteiger partial charge is 0.480 e. The Balaban J connectivity index is 2.14. The average Bonchev–Trinajstić information content (AvgIpc) is 2.87. The van der Waals surface area contributed by atoms with E-state index in [9.17, 15) is 9.59 Å². The number of nitrogens with zero attached hydrogens (tertiary/aromatic N) is 2. The maximum Gasteiger partial charge on any atom is 0.323 e. The Bertz CT molecular complexity index is 530. The van der Waals surface area contributed by atoms with Crippen molar-refractivity contribution in [3.05, 3.63) is 36.5 Å². The van der Waals surface area contributed by atoms with E-state index >= 15 is 0 Å². The van der Waals surface area contributed by atoms with Crippen molar-refractivity contribution in [3.63, 3.8) is 0 Å². The van der Waals surface area contributed by atoms with Gasteiger partial charge in [-0.1, -0.05) is 5.16 Å². The topological polar surface area (TPSA) is 97.4 Å². The van der Waals surface area contributed by atoms with Crippen molar-refractivity contribution < 1.29 is 19.2 Å². The van der Waals surface area contributed by atoms with Gasteiger partial charge in [0.2, 0.25) is 0 Å². The Kier molecular flexibility index (Phi) is 2.91. The Morgan fingerprint density at radius 1 is 1.53 bits per heavy atom. The SMILES string of the molecule is O=C(O)Cn1cccc1C(=O)Nc1cnoc1. The fourth-order valence-electron chi connectivity index (χ4n) is 1.37. The number of aliphatic carboxylic acids is 1. The van der Waals surface area contributed by atoms with E-state index in [2.05, 4.69) is 15.0 Å². The second-order valence-corrected chi connectivity index (χ2v) is 3.28. The van der Waals surface area contributed by atoms with E-state index in [1.165, 1.54) is 29.3 Å². The molecule has 2 N–H and O–H groups in total. The van der Waals surface area contributed by atoms with Crippen molar-refractivity contribution in [2.45, 2.75) is 6.54 Å². The summed E-state index contributed by atoms with van der Waals surface area (Å²) < 4.78 is 5.90. The number of amides is 1. The van der Waals surface area contributed by atoms with Gasteiger partial charge in [0.15, 0.2) is 0 Å². The van der Waals surface area contributed by atoms with Crippen LogP contribution in [0.25, 0.3) is 0 Å². The maximum atomic E-state index is 11.8. The number of hydrogen-bond acceptors (Lipinski definition) is 4. The minimum absolute atomic E-state index is 0.258. The van der Waals surface area contributed by atoms with Gasteiger partial charge in [-0.25, -0.2) is 0 Å². The summed E-state index contributed by atoms with van der Waals surface area (Å²) in [7, 11) is 0. The van der Waals surface area contributed by atoms with Gasteiger partial charge in [0.1, 0.15) is 24.2 Å². The zero-order chi connectivity index (χ0) is 12.3. The first-order valence-corrected chi connectivity index (χ1v) is 4.74. The van der Waals surface area contributed by atoms with Gasteiger partial charge >= 0.3 is 5.97 Å². The summed E-state index contributed by atoms with van der Waals surface area (Å²) in [4.78, 5) is 22.4. The lowest BCUT2D eigenvalue weighted by Gasteiger charge is -2.05. The van der Waals surface area contributed by atoms with Crippen molar-refractivity contribution in [2.24, 2.45) is 0 Å². The van der Waals surface area contributed by atoms with Crippen LogP contribution in [0.3, 0.4) is 0 Å². The molecule has 1 amide bonds. The molecular formula is C10H9N3O4. The van der Waals surface area contributed by atoms with Crippen LogP contribution in [0.4, 0.5) is 5.69 Å². The lowest BCUT2D eigenvalue weighted by atomic mass is 10.4. The van der Waals surface area contributed by atoms with Gasteiger partial charge in [-0.3, -0.25) is 9.59 Å². The Hall–Kier alpha value is -2.57. The molecular weight excluding hydrogens is 226 g/mol. The third-order valence-electron chi connectivity index (χ3n) is 2.06. The molecule has 17 heavy (non-hydrogen) atoms. The molecule has 0 aliphatic heterocycles. The van der Waals surface area contributed by atoms with Crippen molar-refractivity contribution in [3.8, 4) is 0 Å². The lowest BCUT2D eigenvalue weighted by molar-refractivity contribution is -0.137. The molecule has 0 fully saturated rings. The van der Waals surface area contributed by atoms with Gasteiger partial charge in [0, 0.05) is 6.20 Å². The number of hydrogen-bond donors (Lipinski definition) is 2. The van der Waals surface area contributed by atoms with E-state index in [-0.39, 0.29) is 12.2 Å².